The Morgan fingerprint density at radius 1 is 1.20 bits per heavy atom. The Balaban J connectivity index is 2.70. The van der Waals surface area contributed by atoms with Gasteiger partial charge in [-0.15, -0.1) is 0 Å². The minimum Gasteiger partial charge on any atom is -0.330 e. The maximum atomic E-state index is 10.6. The Bertz CT molecular complexity index is 423. The average molecular weight is 281 g/mol. The highest BCUT2D eigenvalue weighted by Crippen LogP contribution is 2.17. The zero-order valence-corrected chi connectivity index (χ0v) is 11.5. The number of nitro groups is 1. The predicted octanol–water partition coefficient (Wildman–Crippen LogP) is -0.268. The number of nitrogens with two attached hydrogens (primary N) is 3. The van der Waals surface area contributed by atoms with Gasteiger partial charge in [-0.1, -0.05) is 12.1 Å². The Morgan fingerprint density at radius 3 is 2.35 bits per heavy atom. The van der Waals surface area contributed by atoms with Gasteiger partial charge >= 0.3 is 0 Å². The Kier molecular flexibility index (Phi) is 6.53. The van der Waals surface area contributed by atoms with Gasteiger partial charge in [0.25, 0.3) is 5.69 Å². The van der Waals surface area contributed by atoms with Gasteiger partial charge < -0.3 is 22.5 Å². The molecule has 1 aromatic rings. The van der Waals surface area contributed by atoms with Gasteiger partial charge in [0.15, 0.2) is 0 Å². The molecule has 1 unspecified atom stereocenters. The molecule has 0 fully saturated rings. The van der Waals surface area contributed by atoms with E-state index < -0.39 is 10.5 Å². The molecule has 20 heavy (non-hydrogen) atoms. The molecule has 0 bridgehead atoms. The van der Waals surface area contributed by atoms with Crippen molar-refractivity contribution in [2.45, 2.75) is 18.4 Å². The number of hydrogen-bond donors (Lipinski definition) is 4. The van der Waals surface area contributed by atoms with Gasteiger partial charge in [-0.25, -0.2) is 0 Å². The van der Waals surface area contributed by atoms with Gasteiger partial charge in [0.05, 0.1) is 4.92 Å². The summed E-state index contributed by atoms with van der Waals surface area (Å²) in [6, 6.07) is 6.45. The standard InChI is InChI=1S/C13H23N5O2/c14-6-5-13(16,10-17-8-7-15)9-11-1-3-12(4-2-11)18(19)20/h1-4,17H,5-10,14-16H2. The molecule has 1 atom stereocenters. The summed E-state index contributed by atoms with van der Waals surface area (Å²) in [7, 11) is 0. The van der Waals surface area contributed by atoms with Crippen LogP contribution in [0, 0.1) is 10.1 Å². The van der Waals surface area contributed by atoms with Crippen molar-refractivity contribution in [1.29, 1.82) is 0 Å². The van der Waals surface area contributed by atoms with E-state index in [1.54, 1.807) is 12.1 Å². The largest absolute Gasteiger partial charge is 0.330 e. The van der Waals surface area contributed by atoms with Crippen LogP contribution < -0.4 is 22.5 Å². The molecule has 7 N–H and O–H groups in total. The van der Waals surface area contributed by atoms with E-state index in [-0.39, 0.29) is 5.69 Å². The summed E-state index contributed by atoms with van der Waals surface area (Å²) < 4.78 is 0. The number of benzene rings is 1. The molecule has 1 rings (SSSR count). The first kappa shape index (κ1) is 16.5. The van der Waals surface area contributed by atoms with Gasteiger partial charge in [-0.05, 0) is 24.9 Å². The van der Waals surface area contributed by atoms with Crippen molar-refractivity contribution in [3.8, 4) is 0 Å². The number of nitro benzene ring substituents is 1. The number of rotatable bonds is 9. The van der Waals surface area contributed by atoms with Crippen molar-refractivity contribution < 1.29 is 4.92 Å². The van der Waals surface area contributed by atoms with Crippen LogP contribution in [-0.2, 0) is 6.42 Å². The maximum Gasteiger partial charge on any atom is 0.269 e. The quantitative estimate of drug-likeness (QED) is 0.280. The van der Waals surface area contributed by atoms with Crippen molar-refractivity contribution >= 4 is 5.69 Å². The van der Waals surface area contributed by atoms with Crippen LogP contribution in [-0.4, -0.2) is 36.6 Å². The summed E-state index contributed by atoms with van der Waals surface area (Å²) in [4.78, 5) is 10.2. The molecule has 7 heteroatoms. The third kappa shape index (κ3) is 5.22. The van der Waals surface area contributed by atoms with Crippen LogP contribution in [0.2, 0.25) is 0 Å². The first-order valence-electron chi connectivity index (χ1n) is 6.64. The van der Waals surface area contributed by atoms with E-state index >= 15 is 0 Å². The third-order valence-corrected chi connectivity index (χ3v) is 3.14. The molecule has 0 heterocycles. The molecule has 0 aromatic heterocycles. The van der Waals surface area contributed by atoms with E-state index in [0.717, 1.165) is 5.56 Å². The van der Waals surface area contributed by atoms with Crippen LogP contribution in [0.3, 0.4) is 0 Å². The van der Waals surface area contributed by atoms with Crippen LogP contribution in [0.1, 0.15) is 12.0 Å². The molecule has 1 aromatic carbocycles. The van der Waals surface area contributed by atoms with E-state index in [1.807, 2.05) is 0 Å². The Labute approximate surface area is 118 Å². The summed E-state index contributed by atoms with van der Waals surface area (Å²) >= 11 is 0. The zero-order chi connectivity index (χ0) is 15.0. The molecule has 0 aliphatic carbocycles. The molecule has 0 spiro atoms. The zero-order valence-electron chi connectivity index (χ0n) is 11.5. The van der Waals surface area contributed by atoms with Gasteiger partial charge in [-0.3, -0.25) is 10.1 Å². The number of nitrogens with one attached hydrogen (secondary N) is 1. The summed E-state index contributed by atoms with van der Waals surface area (Å²) in [5.74, 6) is 0. The van der Waals surface area contributed by atoms with Crippen molar-refractivity contribution in [2.75, 3.05) is 26.2 Å². The Morgan fingerprint density at radius 2 is 1.85 bits per heavy atom. The van der Waals surface area contributed by atoms with Gasteiger partial charge in [0, 0.05) is 37.3 Å². The molecule has 0 saturated heterocycles. The lowest BCUT2D eigenvalue weighted by molar-refractivity contribution is -0.384. The molecule has 0 aliphatic rings. The second-order valence-corrected chi connectivity index (χ2v) is 4.97. The minimum absolute atomic E-state index is 0.0800. The molecule has 0 amide bonds. The van der Waals surface area contributed by atoms with Crippen LogP contribution in [0.15, 0.2) is 24.3 Å². The fraction of sp³-hybridized carbons (Fsp3) is 0.538. The number of non-ortho nitro benzene ring substituents is 1. The molecule has 112 valence electrons. The number of nitrogens with zero attached hydrogens (tertiary/aromatic N) is 1. The second-order valence-electron chi connectivity index (χ2n) is 4.97. The van der Waals surface area contributed by atoms with E-state index in [2.05, 4.69) is 5.32 Å². The van der Waals surface area contributed by atoms with Crippen LogP contribution >= 0.6 is 0 Å². The summed E-state index contributed by atoms with van der Waals surface area (Å²) in [5, 5.41) is 13.8. The summed E-state index contributed by atoms with van der Waals surface area (Å²) in [6.45, 7) is 2.35. The molecular formula is C13H23N5O2. The molecular weight excluding hydrogens is 258 g/mol. The van der Waals surface area contributed by atoms with Crippen molar-refractivity contribution in [3.05, 3.63) is 39.9 Å². The fourth-order valence-corrected chi connectivity index (χ4v) is 2.11. The topological polar surface area (TPSA) is 133 Å². The molecule has 0 radical (unpaired) electrons. The lowest BCUT2D eigenvalue weighted by Crippen LogP contribution is -2.52. The highest BCUT2D eigenvalue weighted by Gasteiger charge is 2.24. The molecule has 0 saturated carbocycles. The highest BCUT2D eigenvalue weighted by molar-refractivity contribution is 5.33. The van der Waals surface area contributed by atoms with Crippen molar-refractivity contribution in [2.24, 2.45) is 17.2 Å². The molecule has 7 nitrogen and oxygen atoms in total. The maximum absolute atomic E-state index is 10.6. The predicted molar refractivity (Wildman–Crippen MR) is 79.3 cm³/mol. The number of hydrogen-bond acceptors (Lipinski definition) is 6. The van der Waals surface area contributed by atoms with E-state index in [4.69, 9.17) is 17.2 Å². The normalized spacial score (nSPS) is 13.9. The summed E-state index contributed by atoms with van der Waals surface area (Å²) in [6.07, 6.45) is 1.28. The summed E-state index contributed by atoms with van der Waals surface area (Å²) in [5.41, 5.74) is 18.0. The second kappa shape index (κ2) is 7.91. The van der Waals surface area contributed by atoms with E-state index in [9.17, 15) is 10.1 Å². The van der Waals surface area contributed by atoms with E-state index in [0.29, 0.717) is 39.0 Å². The monoisotopic (exact) mass is 281 g/mol. The first-order valence-corrected chi connectivity index (χ1v) is 6.64. The van der Waals surface area contributed by atoms with Crippen LogP contribution in [0.25, 0.3) is 0 Å². The van der Waals surface area contributed by atoms with Crippen molar-refractivity contribution in [3.63, 3.8) is 0 Å². The van der Waals surface area contributed by atoms with Crippen LogP contribution in [0.4, 0.5) is 5.69 Å². The SMILES string of the molecule is NCCNCC(N)(CCN)Cc1ccc([N+](=O)[O-])cc1. The van der Waals surface area contributed by atoms with Crippen molar-refractivity contribution in [1.82, 2.24) is 5.32 Å². The van der Waals surface area contributed by atoms with Crippen LogP contribution in [0.5, 0.6) is 0 Å². The fourth-order valence-electron chi connectivity index (χ4n) is 2.11. The molecule has 0 aliphatic heterocycles. The Hall–Kier alpha value is -1.54. The minimum atomic E-state index is -0.472. The van der Waals surface area contributed by atoms with Gasteiger partial charge in [0.1, 0.15) is 0 Å². The van der Waals surface area contributed by atoms with Gasteiger partial charge in [0.2, 0.25) is 0 Å². The average Bonchev–Trinajstić information content (AvgIpc) is 2.39. The van der Waals surface area contributed by atoms with E-state index in [1.165, 1.54) is 12.1 Å². The lowest BCUT2D eigenvalue weighted by Gasteiger charge is -2.29. The third-order valence-electron chi connectivity index (χ3n) is 3.14. The highest BCUT2D eigenvalue weighted by atomic mass is 16.6. The first-order chi connectivity index (χ1) is 9.50. The lowest BCUT2D eigenvalue weighted by atomic mass is 9.88. The van der Waals surface area contributed by atoms with Gasteiger partial charge in [-0.2, -0.15) is 0 Å². The smallest absolute Gasteiger partial charge is 0.269 e.